The fraction of sp³-hybridized carbons (Fsp3) is 0.524. The van der Waals surface area contributed by atoms with Gasteiger partial charge in [-0.2, -0.15) is 15.0 Å². The predicted octanol–water partition coefficient (Wildman–Crippen LogP) is 3.11. The van der Waals surface area contributed by atoms with Gasteiger partial charge in [0.2, 0.25) is 23.8 Å². The maximum Gasteiger partial charge on any atom is 0.233 e. The first-order valence-corrected chi connectivity index (χ1v) is 10.3. The first-order chi connectivity index (χ1) is 14.2. The standard InChI is InChI=1S/C21H32N8O/c1-13-6-7-15(24-14(2)30)10-17(13)26-20-28-18(23-12-21(3,4)5)27-19(29-20)25-16-8-9-22-11-16/h6-7,10,16,22H,8-9,11-12H2,1-5H3,(H,24,30)(H3,23,25,26,27,28,29)/t16-/m0/s1. The van der Waals surface area contributed by atoms with Crippen molar-refractivity contribution in [1.82, 2.24) is 20.3 Å². The summed E-state index contributed by atoms with van der Waals surface area (Å²) >= 11 is 0. The minimum Gasteiger partial charge on any atom is -0.353 e. The summed E-state index contributed by atoms with van der Waals surface area (Å²) in [7, 11) is 0. The number of anilines is 5. The van der Waals surface area contributed by atoms with Gasteiger partial charge in [0.05, 0.1) is 0 Å². The van der Waals surface area contributed by atoms with E-state index in [0.29, 0.717) is 29.6 Å². The Bertz CT molecular complexity index is 887. The number of hydrogen-bond acceptors (Lipinski definition) is 8. The monoisotopic (exact) mass is 412 g/mol. The van der Waals surface area contributed by atoms with Crippen LogP contribution in [-0.4, -0.2) is 46.5 Å². The fourth-order valence-corrected chi connectivity index (χ4v) is 3.04. The van der Waals surface area contributed by atoms with Gasteiger partial charge in [0, 0.05) is 37.4 Å². The molecule has 2 heterocycles. The molecule has 9 heteroatoms. The Balaban J connectivity index is 1.85. The van der Waals surface area contributed by atoms with Crippen molar-refractivity contribution in [1.29, 1.82) is 0 Å². The normalized spacial score (nSPS) is 16.2. The number of aryl methyl sites for hydroxylation is 1. The lowest BCUT2D eigenvalue weighted by Gasteiger charge is -2.20. The molecular formula is C21H32N8O. The topological polar surface area (TPSA) is 116 Å². The van der Waals surface area contributed by atoms with Crippen LogP contribution in [0.15, 0.2) is 18.2 Å². The van der Waals surface area contributed by atoms with Crippen LogP contribution in [0.4, 0.5) is 29.2 Å². The Morgan fingerprint density at radius 2 is 1.90 bits per heavy atom. The van der Waals surface area contributed by atoms with Crippen LogP contribution in [0.3, 0.4) is 0 Å². The van der Waals surface area contributed by atoms with Crippen LogP contribution in [0, 0.1) is 12.3 Å². The van der Waals surface area contributed by atoms with E-state index in [9.17, 15) is 4.79 Å². The summed E-state index contributed by atoms with van der Waals surface area (Å²) < 4.78 is 0. The van der Waals surface area contributed by atoms with E-state index < -0.39 is 0 Å². The molecule has 30 heavy (non-hydrogen) atoms. The Morgan fingerprint density at radius 1 is 1.17 bits per heavy atom. The number of amides is 1. The van der Waals surface area contributed by atoms with E-state index in [1.165, 1.54) is 6.92 Å². The van der Waals surface area contributed by atoms with Gasteiger partial charge in [-0.1, -0.05) is 26.8 Å². The van der Waals surface area contributed by atoms with E-state index in [2.05, 4.69) is 62.3 Å². The number of rotatable bonds is 7. The molecule has 1 atom stereocenters. The maximum atomic E-state index is 11.4. The van der Waals surface area contributed by atoms with Gasteiger partial charge in [0.1, 0.15) is 0 Å². The first kappa shape index (κ1) is 21.8. The molecule has 0 bridgehead atoms. The molecule has 1 aliphatic heterocycles. The van der Waals surface area contributed by atoms with Gasteiger partial charge >= 0.3 is 0 Å². The third-order valence-electron chi connectivity index (χ3n) is 4.61. The van der Waals surface area contributed by atoms with Crippen molar-refractivity contribution >= 4 is 35.1 Å². The van der Waals surface area contributed by atoms with Crippen molar-refractivity contribution in [3.05, 3.63) is 23.8 Å². The van der Waals surface area contributed by atoms with Crippen molar-refractivity contribution in [3.8, 4) is 0 Å². The van der Waals surface area contributed by atoms with Crippen LogP contribution in [0.5, 0.6) is 0 Å². The third-order valence-corrected chi connectivity index (χ3v) is 4.61. The summed E-state index contributed by atoms with van der Waals surface area (Å²) in [6, 6.07) is 5.97. The Kier molecular flexibility index (Phi) is 6.71. The molecule has 1 fully saturated rings. The molecule has 5 N–H and O–H groups in total. The highest BCUT2D eigenvalue weighted by molar-refractivity contribution is 5.89. The lowest BCUT2D eigenvalue weighted by atomic mass is 9.97. The molecular weight excluding hydrogens is 380 g/mol. The van der Waals surface area contributed by atoms with E-state index in [4.69, 9.17) is 0 Å². The van der Waals surface area contributed by atoms with Crippen LogP contribution >= 0.6 is 0 Å². The van der Waals surface area contributed by atoms with Crippen molar-refractivity contribution < 1.29 is 4.79 Å². The molecule has 0 saturated carbocycles. The van der Waals surface area contributed by atoms with E-state index in [1.54, 1.807) is 0 Å². The highest BCUT2D eigenvalue weighted by Gasteiger charge is 2.18. The molecule has 0 radical (unpaired) electrons. The lowest BCUT2D eigenvalue weighted by Crippen LogP contribution is -2.25. The molecule has 1 amide bonds. The quantitative estimate of drug-likeness (QED) is 0.471. The maximum absolute atomic E-state index is 11.4. The molecule has 1 aromatic carbocycles. The van der Waals surface area contributed by atoms with E-state index in [-0.39, 0.29) is 11.3 Å². The minimum atomic E-state index is -0.115. The molecule has 2 aromatic rings. The number of hydrogen-bond donors (Lipinski definition) is 5. The second-order valence-electron chi connectivity index (χ2n) is 8.89. The molecule has 0 aliphatic carbocycles. The van der Waals surface area contributed by atoms with Gasteiger partial charge in [-0.25, -0.2) is 0 Å². The van der Waals surface area contributed by atoms with Crippen LogP contribution in [0.2, 0.25) is 0 Å². The molecule has 1 saturated heterocycles. The second kappa shape index (κ2) is 9.25. The van der Waals surface area contributed by atoms with Gasteiger partial charge in [-0.3, -0.25) is 4.79 Å². The van der Waals surface area contributed by atoms with Gasteiger partial charge in [0.25, 0.3) is 0 Å². The fourth-order valence-electron chi connectivity index (χ4n) is 3.04. The molecule has 162 valence electrons. The summed E-state index contributed by atoms with van der Waals surface area (Å²) in [5.41, 5.74) is 2.64. The number of aromatic nitrogens is 3. The Labute approximate surface area is 177 Å². The summed E-state index contributed by atoms with van der Waals surface area (Å²) in [4.78, 5) is 25.1. The molecule has 9 nitrogen and oxygen atoms in total. The molecule has 0 spiro atoms. The number of carbonyl (C=O) groups is 1. The van der Waals surface area contributed by atoms with Gasteiger partial charge in [0.15, 0.2) is 0 Å². The van der Waals surface area contributed by atoms with Crippen LogP contribution in [0.1, 0.15) is 39.7 Å². The molecule has 3 rings (SSSR count). The molecule has 0 unspecified atom stereocenters. The average molecular weight is 413 g/mol. The molecule has 1 aromatic heterocycles. The summed E-state index contributed by atoms with van der Waals surface area (Å²) in [6.45, 7) is 12.5. The highest BCUT2D eigenvalue weighted by atomic mass is 16.1. The van der Waals surface area contributed by atoms with Crippen molar-refractivity contribution in [2.24, 2.45) is 5.41 Å². The third kappa shape index (κ3) is 6.55. The second-order valence-corrected chi connectivity index (χ2v) is 8.89. The zero-order valence-corrected chi connectivity index (χ0v) is 18.4. The van der Waals surface area contributed by atoms with Gasteiger partial charge in [-0.05, 0) is 43.0 Å². The summed E-state index contributed by atoms with van der Waals surface area (Å²) in [5, 5.41) is 16.1. The number of nitrogens with one attached hydrogen (secondary N) is 5. The van der Waals surface area contributed by atoms with Crippen LogP contribution in [-0.2, 0) is 4.79 Å². The zero-order valence-electron chi connectivity index (χ0n) is 18.4. The van der Waals surface area contributed by atoms with Crippen LogP contribution in [0.25, 0.3) is 0 Å². The highest BCUT2D eigenvalue weighted by Crippen LogP contribution is 2.24. The van der Waals surface area contributed by atoms with Crippen LogP contribution < -0.4 is 26.6 Å². The van der Waals surface area contributed by atoms with Crippen molar-refractivity contribution in [2.45, 2.75) is 47.1 Å². The van der Waals surface area contributed by atoms with E-state index in [1.807, 2.05) is 25.1 Å². The first-order valence-electron chi connectivity index (χ1n) is 10.3. The zero-order chi connectivity index (χ0) is 21.7. The van der Waals surface area contributed by atoms with Crippen molar-refractivity contribution in [3.63, 3.8) is 0 Å². The van der Waals surface area contributed by atoms with Gasteiger partial charge in [-0.15, -0.1) is 0 Å². The SMILES string of the molecule is CC(=O)Nc1ccc(C)c(Nc2nc(NCC(C)(C)C)nc(N[C@H]3CCNC3)n2)c1. The lowest BCUT2D eigenvalue weighted by molar-refractivity contribution is -0.114. The Morgan fingerprint density at radius 3 is 2.57 bits per heavy atom. The van der Waals surface area contributed by atoms with E-state index >= 15 is 0 Å². The Hall–Kier alpha value is -2.94. The summed E-state index contributed by atoms with van der Waals surface area (Å²) in [6.07, 6.45) is 1.02. The van der Waals surface area contributed by atoms with Crippen molar-refractivity contribution in [2.75, 3.05) is 40.9 Å². The number of benzene rings is 1. The largest absolute Gasteiger partial charge is 0.353 e. The van der Waals surface area contributed by atoms with E-state index in [0.717, 1.165) is 37.3 Å². The smallest absolute Gasteiger partial charge is 0.233 e. The summed E-state index contributed by atoms with van der Waals surface area (Å²) in [5.74, 6) is 1.38. The van der Waals surface area contributed by atoms with Gasteiger partial charge < -0.3 is 26.6 Å². The predicted molar refractivity (Wildman–Crippen MR) is 121 cm³/mol. The number of nitrogens with zero attached hydrogens (tertiary/aromatic N) is 3. The minimum absolute atomic E-state index is 0.0897. The average Bonchev–Trinajstić information content (AvgIpc) is 3.15. The number of carbonyl (C=O) groups excluding carboxylic acids is 1. The molecule has 1 aliphatic rings.